The van der Waals surface area contributed by atoms with Crippen LogP contribution in [-0.4, -0.2) is 55.1 Å². The van der Waals surface area contributed by atoms with Gasteiger partial charge in [-0.05, 0) is 44.0 Å². The highest BCUT2D eigenvalue weighted by Gasteiger charge is 2.23. The second-order valence-corrected chi connectivity index (χ2v) is 10.2. The van der Waals surface area contributed by atoms with Crippen molar-refractivity contribution >= 4 is 27.5 Å². The summed E-state index contributed by atoms with van der Waals surface area (Å²) in [5.74, 6) is -0.135. The number of likely N-dealkylation sites (N-methyl/N-ethyl adjacent to an activating group) is 1. The van der Waals surface area contributed by atoms with Crippen LogP contribution in [0.4, 0.5) is 4.39 Å². The summed E-state index contributed by atoms with van der Waals surface area (Å²) in [4.78, 5) is 43.5. The van der Waals surface area contributed by atoms with Crippen LogP contribution in [0.25, 0.3) is 15.2 Å². The normalized spacial score (nSPS) is 11.4. The number of carbonyl (C=O) groups is 1. The topological polar surface area (TPSA) is 104 Å². The maximum atomic E-state index is 14.0. The number of aromatic nitrogens is 5. The van der Waals surface area contributed by atoms with Gasteiger partial charge >= 0.3 is 5.69 Å². The van der Waals surface area contributed by atoms with E-state index in [2.05, 4.69) is 10.2 Å². The highest BCUT2D eigenvalue weighted by Crippen LogP contribution is 2.30. The molecule has 4 rings (SSSR count). The smallest absolute Gasteiger partial charge is 0.332 e. The minimum Gasteiger partial charge on any atom is -0.496 e. The van der Waals surface area contributed by atoms with Crippen LogP contribution in [-0.2, 0) is 24.3 Å². The van der Waals surface area contributed by atoms with Gasteiger partial charge in [-0.2, -0.15) is 10.2 Å². The molecule has 10 nitrogen and oxygen atoms in total. The van der Waals surface area contributed by atoms with Crippen molar-refractivity contribution in [1.29, 1.82) is 0 Å². The quantitative estimate of drug-likeness (QED) is 0.305. The van der Waals surface area contributed by atoms with Gasteiger partial charge in [-0.15, -0.1) is 4.80 Å². The third-order valence-corrected chi connectivity index (χ3v) is 7.78. The number of methoxy groups -OCH3 is 1. The van der Waals surface area contributed by atoms with E-state index in [0.717, 1.165) is 0 Å². The lowest BCUT2D eigenvalue weighted by atomic mass is 10.1. The van der Waals surface area contributed by atoms with Gasteiger partial charge in [-0.25, -0.2) is 9.18 Å². The molecule has 0 saturated carbocycles. The average molecular weight is 543 g/mol. The van der Waals surface area contributed by atoms with E-state index in [1.54, 1.807) is 17.9 Å². The second-order valence-electron chi connectivity index (χ2n) is 9.20. The van der Waals surface area contributed by atoms with Gasteiger partial charge in [0.15, 0.2) is 0 Å². The summed E-state index contributed by atoms with van der Waals surface area (Å²) in [5, 5.41) is 9.41. The summed E-state index contributed by atoms with van der Waals surface area (Å²) in [6.45, 7) is 8.22. The fraction of sp³-hybridized carbons (Fsp3) is 0.423. The van der Waals surface area contributed by atoms with E-state index < -0.39 is 17.1 Å². The monoisotopic (exact) mass is 542 g/mol. The maximum absolute atomic E-state index is 14.0. The molecule has 38 heavy (non-hydrogen) atoms. The minimum atomic E-state index is -0.493. The molecule has 0 unspecified atom stereocenters. The Morgan fingerprint density at radius 2 is 1.87 bits per heavy atom. The molecule has 4 aromatic rings. The minimum absolute atomic E-state index is 0.0427. The first-order valence-electron chi connectivity index (χ1n) is 12.4. The van der Waals surface area contributed by atoms with Crippen LogP contribution in [0.3, 0.4) is 0 Å². The lowest BCUT2D eigenvalue weighted by Crippen LogP contribution is -2.44. The Kier molecular flexibility index (Phi) is 8.10. The molecular weight excluding hydrogens is 511 g/mol. The molecule has 12 heteroatoms. The number of amides is 1. The number of benzene rings is 1. The lowest BCUT2D eigenvalue weighted by Gasteiger charge is -2.23. The first-order chi connectivity index (χ1) is 18.2. The zero-order valence-corrected chi connectivity index (χ0v) is 22.9. The number of halogens is 1. The molecule has 0 radical (unpaired) electrons. The fourth-order valence-electron chi connectivity index (χ4n) is 4.47. The zero-order valence-electron chi connectivity index (χ0n) is 22.1. The number of nitrogens with zero attached hydrogens (tertiary/aromatic N) is 6. The average Bonchev–Trinajstić information content (AvgIpc) is 3.54. The summed E-state index contributed by atoms with van der Waals surface area (Å²) in [6, 6.07) is 4.25. The zero-order chi connectivity index (χ0) is 27.6. The molecule has 0 saturated heterocycles. The van der Waals surface area contributed by atoms with Crippen LogP contribution in [0.2, 0.25) is 0 Å². The van der Waals surface area contributed by atoms with Crippen LogP contribution in [0.5, 0.6) is 5.75 Å². The molecule has 0 fully saturated rings. The van der Waals surface area contributed by atoms with Crippen LogP contribution in [0.1, 0.15) is 31.9 Å². The Labute approximate surface area is 222 Å². The van der Waals surface area contributed by atoms with Crippen molar-refractivity contribution in [2.45, 2.75) is 47.2 Å². The standard InChI is InChI=1S/C26H31FN6O4S/c1-6-30(22(34)16(2)3)13-14-31-23(35)21-17(4)24(33-28-10-11-29-33)38-25(21)32(26(31)36)12-9-18-15-19(27)7-8-20(18)37-5/h7-8,10-11,15-16H,6,9,12-14H2,1-5H3. The third-order valence-electron chi connectivity index (χ3n) is 6.50. The van der Waals surface area contributed by atoms with Crippen LogP contribution < -0.4 is 16.0 Å². The van der Waals surface area contributed by atoms with Crippen LogP contribution in [0.15, 0.2) is 40.2 Å². The van der Waals surface area contributed by atoms with Crippen molar-refractivity contribution < 1.29 is 13.9 Å². The molecule has 0 spiro atoms. The third kappa shape index (κ3) is 5.13. The first-order valence-corrected chi connectivity index (χ1v) is 13.2. The number of hydrogen-bond donors (Lipinski definition) is 0. The summed E-state index contributed by atoms with van der Waals surface area (Å²) in [7, 11) is 1.51. The van der Waals surface area contributed by atoms with Crippen LogP contribution >= 0.6 is 11.3 Å². The Morgan fingerprint density at radius 3 is 2.50 bits per heavy atom. The van der Waals surface area contributed by atoms with Gasteiger partial charge in [0.25, 0.3) is 5.56 Å². The Hall–Kier alpha value is -3.80. The molecule has 0 bridgehead atoms. The number of thiophene rings is 1. The van der Waals surface area contributed by atoms with Gasteiger partial charge in [-0.3, -0.25) is 18.7 Å². The van der Waals surface area contributed by atoms with Crippen molar-refractivity contribution in [3.8, 4) is 10.8 Å². The SMILES string of the molecule is CCN(CCn1c(=O)c2c(C)c(-n3nccn3)sc2n(CCc2cc(F)ccc2OC)c1=O)C(=O)C(C)C. The van der Waals surface area contributed by atoms with E-state index in [4.69, 9.17) is 4.74 Å². The molecule has 3 heterocycles. The van der Waals surface area contributed by atoms with Gasteiger partial charge < -0.3 is 9.64 Å². The molecule has 0 aliphatic carbocycles. The first kappa shape index (κ1) is 27.2. The van der Waals surface area contributed by atoms with E-state index in [-0.39, 0.29) is 31.5 Å². The predicted molar refractivity (Wildman–Crippen MR) is 144 cm³/mol. The number of fused-ring (bicyclic) bond motifs is 1. The number of carbonyl (C=O) groups excluding carboxylic acids is 1. The van der Waals surface area contributed by atoms with Crippen molar-refractivity contribution in [2.75, 3.05) is 20.2 Å². The lowest BCUT2D eigenvalue weighted by molar-refractivity contribution is -0.134. The van der Waals surface area contributed by atoms with E-state index in [9.17, 15) is 18.8 Å². The Bertz CT molecular complexity index is 1570. The Morgan fingerprint density at radius 1 is 1.16 bits per heavy atom. The molecule has 1 amide bonds. The largest absolute Gasteiger partial charge is 0.496 e. The van der Waals surface area contributed by atoms with Gasteiger partial charge in [0, 0.05) is 37.7 Å². The van der Waals surface area contributed by atoms with E-state index in [0.29, 0.717) is 45.1 Å². The highest BCUT2D eigenvalue weighted by molar-refractivity contribution is 7.21. The summed E-state index contributed by atoms with van der Waals surface area (Å²) in [6.07, 6.45) is 3.38. The van der Waals surface area contributed by atoms with Gasteiger partial charge in [0.2, 0.25) is 5.91 Å². The van der Waals surface area contributed by atoms with Crippen molar-refractivity contribution in [3.05, 3.63) is 68.4 Å². The fourth-order valence-corrected chi connectivity index (χ4v) is 5.71. The van der Waals surface area contributed by atoms with Gasteiger partial charge in [-0.1, -0.05) is 25.2 Å². The molecule has 0 aliphatic heterocycles. The molecule has 202 valence electrons. The molecule has 0 N–H and O–H groups in total. The van der Waals surface area contributed by atoms with Crippen molar-refractivity contribution in [3.63, 3.8) is 0 Å². The van der Waals surface area contributed by atoms with Gasteiger partial charge in [0.05, 0.1) is 24.9 Å². The molecule has 0 aliphatic rings. The van der Waals surface area contributed by atoms with E-state index in [1.807, 2.05) is 20.8 Å². The van der Waals surface area contributed by atoms with Gasteiger partial charge in [0.1, 0.15) is 21.4 Å². The maximum Gasteiger partial charge on any atom is 0.332 e. The molecule has 3 aromatic heterocycles. The van der Waals surface area contributed by atoms with E-state index in [1.165, 1.54) is 56.9 Å². The van der Waals surface area contributed by atoms with Crippen LogP contribution in [0, 0.1) is 18.7 Å². The van der Waals surface area contributed by atoms with E-state index >= 15 is 0 Å². The van der Waals surface area contributed by atoms with Crippen molar-refractivity contribution in [1.82, 2.24) is 29.0 Å². The molecular formula is C26H31FN6O4S. The number of rotatable bonds is 10. The molecule has 0 atom stereocenters. The summed E-state index contributed by atoms with van der Waals surface area (Å²) < 4.78 is 22.1. The Balaban J connectivity index is 1.83. The second kappa shape index (κ2) is 11.3. The number of ether oxygens (including phenoxy) is 1. The van der Waals surface area contributed by atoms with Crippen molar-refractivity contribution in [2.24, 2.45) is 5.92 Å². The number of aryl methyl sites for hydroxylation is 3. The summed E-state index contributed by atoms with van der Waals surface area (Å²) >= 11 is 1.25. The summed E-state index contributed by atoms with van der Waals surface area (Å²) in [5.41, 5.74) is 0.340. The number of hydrogen-bond acceptors (Lipinski definition) is 7. The highest BCUT2D eigenvalue weighted by atomic mass is 32.1. The molecule has 1 aromatic carbocycles. The predicted octanol–water partition coefficient (Wildman–Crippen LogP) is 3.01.